The van der Waals surface area contributed by atoms with E-state index in [1.54, 1.807) is 11.8 Å². The number of nitrogens with zero attached hydrogens (tertiary/aromatic N) is 1. The molecule has 0 amide bonds. The minimum absolute atomic E-state index is 0.109. The monoisotopic (exact) mass is 256 g/mol. The molecule has 1 aromatic rings. The van der Waals surface area contributed by atoms with E-state index in [2.05, 4.69) is 4.98 Å². The molecule has 2 N–H and O–H groups in total. The lowest BCUT2D eigenvalue weighted by molar-refractivity contribution is -0.137. The summed E-state index contributed by atoms with van der Waals surface area (Å²) in [6.45, 7) is 0.109. The van der Waals surface area contributed by atoms with Crippen LogP contribution in [0, 0.1) is 0 Å². The molecule has 1 aliphatic heterocycles. The van der Waals surface area contributed by atoms with E-state index in [4.69, 9.17) is 5.11 Å². The van der Waals surface area contributed by atoms with Crippen LogP contribution in [0.5, 0.6) is 0 Å². The summed E-state index contributed by atoms with van der Waals surface area (Å²) < 4.78 is 1.38. The maximum absolute atomic E-state index is 11.6. The van der Waals surface area contributed by atoms with Crippen molar-refractivity contribution in [3.8, 4) is 0 Å². The second-order valence-corrected chi connectivity index (χ2v) is 4.89. The predicted octanol–water partition coefficient (Wildman–Crippen LogP) is -0.199. The molecule has 2 heterocycles. The molecule has 0 fully saturated rings. The minimum atomic E-state index is -0.956. The van der Waals surface area contributed by atoms with Crippen LogP contribution in [-0.2, 0) is 23.5 Å². The van der Waals surface area contributed by atoms with Crippen molar-refractivity contribution in [3.63, 3.8) is 0 Å². The quantitative estimate of drug-likeness (QED) is 0.781. The SMILES string of the molecule is O=C(O)CCn1c2c(c(=O)[nH]c1=O)CSCC2. The molecule has 0 spiro atoms. The molecule has 0 unspecified atom stereocenters. The first-order valence-electron chi connectivity index (χ1n) is 5.24. The number of hydrogen-bond donors (Lipinski definition) is 2. The first-order valence-corrected chi connectivity index (χ1v) is 6.39. The fraction of sp³-hybridized carbons (Fsp3) is 0.500. The molecular weight excluding hydrogens is 244 g/mol. The molecular formula is C10H12N2O4S. The number of carboxylic acids is 1. The lowest BCUT2D eigenvalue weighted by Crippen LogP contribution is -2.37. The highest BCUT2D eigenvalue weighted by atomic mass is 32.2. The summed E-state index contributed by atoms with van der Waals surface area (Å²) in [5.41, 5.74) is 0.440. The van der Waals surface area contributed by atoms with Gasteiger partial charge in [0.1, 0.15) is 0 Å². The van der Waals surface area contributed by atoms with Gasteiger partial charge in [-0.1, -0.05) is 0 Å². The van der Waals surface area contributed by atoms with E-state index in [0.29, 0.717) is 23.4 Å². The van der Waals surface area contributed by atoms with Crippen LogP contribution < -0.4 is 11.2 Å². The first kappa shape index (κ1) is 12.0. The number of thioether (sulfide) groups is 1. The number of hydrogen-bond acceptors (Lipinski definition) is 4. The van der Waals surface area contributed by atoms with Gasteiger partial charge in [0.25, 0.3) is 5.56 Å². The fourth-order valence-electron chi connectivity index (χ4n) is 1.88. The Labute approximate surface area is 101 Å². The van der Waals surface area contributed by atoms with Crippen molar-refractivity contribution >= 4 is 17.7 Å². The van der Waals surface area contributed by atoms with Gasteiger partial charge in [-0.05, 0) is 12.2 Å². The summed E-state index contributed by atoms with van der Waals surface area (Å²) in [6, 6.07) is 0. The number of aromatic amines is 1. The third kappa shape index (κ3) is 2.44. The van der Waals surface area contributed by atoms with Crippen molar-refractivity contribution in [1.29, 1.82) is 0 Å². The zero-order chi connectivity index (χ0) is 12.4. The summed E-state index contributed by atoms with van der Waals surface area (Å²) in [5, 5.41) is 8.63. The summed E-state index contributed by atoms with van der Waals surface area (Å²) in [5.74, 6) is 0.475. The zero-order valence-electron chi connectivity index (χ0n) is 9.06. The standard InChI is InChI=1S/C10H12N2O4S/c13-8(14)1-3-12-7-2-4-17-5-6(7)9(15)11-10(12)16/h1-5H2,(H,13,14)(H,11,15,16). The summed E-state index contributed by atoms with van der Waals surface area (Å²) in [4.78, 5) is 36.0. The normalized spacial score (nSPS) is 14.4. The van der Waals surface area contributed by atoms with E-state index in [1.807, 2.05) is 0 Å². The van der Waals surface area contributed by atoms with Crippen molar-refractivity contribution in [3.05, 3.63) is 32.1 Å². The van der Waals surface area contributed by atoms with Gasteiger partial charge in [0.15, 0.2) is 0 Å². The van der Waals surface area contributed by atoms with Crippen molar-refractivity contribution in [2.45, 2.75) is 25.1 Å². The summed E-state index contributed by atoms with van der Waals surface area (Å²) >= 11 is 1.64. The van der Waals surface area contributed by atoms with Gasteiger partial charge in [-0.2, -0.15) is 11.8 Å². The van der Waals surface area contributed by atoms with Crippen LogP contribution in [0.25, 0.3) is 0 Å². The van der Waals surface area contributed by atoms with Crippen LogP contribution in [0.3, 0.4) is 0 Å². The number of nitrogens with one attached hydrogen (secondary N) is 1. The number of carboxylic acid groups (broad SMARTS) is 1. The number of fused-ring (bicyclic) bond motifs is 1. The third-order valence-corrected chi connectivity index (χ3v) is 3.68. The molecule has 1 aliphatic rings. The Morgan fingerprint density at radius 1 is 1.47 bits per heavy atom. The molecule has 0 atom stereocenters. The number of carbonyl (C=O) groups is 1. The smallest absolute Gasteiger partial charge is 0.328 e. The Morgan fingerprint density at radius 3 is 2.94 bits per heavy atom. The first-order chi connectivity index (χ1) is 8.09. The molecule has 7 heteroatoms. The molecule has 0 aliphatic carbocycles. The Morgan fingerprint density at radius 2 is 2.24 bits per heavy atom. The van der Waals surface area contributed by atoms with E-state index in [-0.39, 0.29) is 18.5 Å². The Hall–Kier alpha value is -1.50. The van der Waals surface area contributed by atoms with Gasteiger partial charge < -0.3 is 5.11 Å². The van der Waals surface area contributed by atoms with Gasteiger partial charge >= 0.3 is 11.7 Å². The van der Waals surface area contributed by atoms with Gasteiger partial charge in [-0.3, -0.25) is 19.1 Å². The van der Waals surface area contributed by atoms with Crippen LogP contribution in [0.2, 0.25) is 0 Å². The van der Waals surface area contributed by atoms with Crippen molar-refractivity contribution in [1.82, 2.24) is 9.55 Å². The molecule has 0 saturated heterocycles. The van der Waals surface area contributed by atoms with E-state index in [0.717, 1.165) is 5.75 Å². The topological polar surface area (TPSA) is 92.2 Å². The maximum atomic E-state index is 11.6. The lowest BCUT2D eigenvalue weighted by atomic mass is 10.2. The highest BCUT2D eigenvalue weighted by Crippen LogP contribution is 2.20. The van der Waals surface area contributed by atoms with Gasteiger partial charge in [0, 0.05) is 23.6 Å². The molecule has 0 aromatic carbocycles. The minimum Gasteiger partial charge on any atom is -0.481 e. The number of aromatic nitrogens is 2. The number of aliphatic carboxylic acids is 1. The molecule has 1 aromatic heterocycles. The van der Waals surface area contributed by atoms with Crippen molar-refractivity contribution in [2.75, 3.05) is 5.75 Å². The van der Waals surface area contributed by atoms with Crippen LogP contribution in [0.4, 0.5) is 0 Å². The maximum Gasteiger partial charge on any atom is 0.328 e. The summed E-state index contributed by atoms with van der Waals surface area (Å²) in [7, 11) is 0. The summed E-state index contributed by atoms with van der Waals surface area (Å²) in [6.07, 6.45) is 0.518. The van der Waals surface area contributed by atoms with Gasteiger partial charge in [-0.15, -0.1) is 0 Å². The largest absolute Gasteiger partial charge is 0.481 e. The van der Waals surface area contributed by atoms with E-state index < -0.39 is 11.7 Å². The van der Waals surface area contributed by atoms with Crippen molar-refractivity contribution < 1.29 is 9.90 Å². The average Bonchev–Trinajstić information content (AvgIpc) is 2.28. The zero-order valence-corrected chi connectivity index (χ0v) is 9.88. The molecule has 92 valence electrons. The Kier molecular flexibility index (Phi) is 3.37. The third-order valence-electron chi connectivity index (χ3n) is 2.69. The highest BCUT2D eigenvalue weighted by molar-refractivity contribution is 7.98. The highest BCUT2D eigenvalue weighted by Gasteiger charge is 2.18. The molecule has 0 saturated carbocycles. The number of rotatable bonds is 3. The van der Waals surface area contributed by atoms with Crippen LogP contribution in [-0.4, -0.2) is 26.4 Å². The molecule has 0 bridgehead atoms. The van der Waals surface area contributed by atoms with Gasteiger partial charge in [0.05, 0.1) is 6.42 Å². The lowest BCUT2D eigenvalue weighted by Gasteiger charge is -2.18. The number of H-pyrrole nitrogens is 1. The van der Waals surface area contributed by atoms with Crippen LogP contribution >= 0.6 is 11.8 Å². The Bertz CT molecular complexity index is 560. The Balaban J connectivity index is 2.46. The van der Waals surface area contributed by atoms with Crippen molar-refractivity contribution in [2.24, 2.45) is 0 Å². The van der Waals surface area contributed by atoms with Crippen LogP contribution in [0.15, 0.2) is 9.59 Å². The second-order valence-electron chi connectivity index (χ2n) is 3.78. The molecule has 17 heavy (non-hydrogen) atoms. The predicted molar refractivity (Wildman–Crippen MR) is 63.4 cm³/mol. The molecule has 0 radical (unpaired) electrons. The average molecular weight is 256 g/mol. The van der Waals surface area contributed by atoms with Gasteiger partial charge in [0.2, 0.25) is 0 Å². The molecule has 2 rings (SSSR count). The van der Waals surface area contributed by atoms with E-state index >= 15 is 0 Å². The molecule has 6 nitrogen and oxygen atoms in total. The van der Waals surface area contributed by atoms with Gasteiger partial charge in [-0.25, -0.2) is 4.79 Å². The van der Waals surface area contributed by atoms with E-state index in [9.17, 15) is 14.4 Å². The van der Waals surface area contributed by atoms with Crippen LogP contribution in [0.1, 0.15) is 17.7 Å². The fourth-order valence-corrected chi connectivity index (χ4v) is 2.86. The van der Waals surface area contributed by atoms with E-state index in [1.165, 1.54) is 4.57 Å². The second kappa shape index (κ2) is 4.79.